The second kappa shape index (κ2) is 14.7. The maximum absolute atomic E-state index is 13.5. The van der Waals surface area contributed by atoms with Crippen LogP contribution in [0.15, 0.2) is 66.7 Å². The number of hydrogen-bond acceptors (Lipinski definition) is 8. The minimum atomic E-state index is -1.08. The lowest BCUT2D eigenvalue weighted by molar-refractivity contribution is -0.384. The molecule has 0 radical (unpaired) electrons. The van der Waals surface area contributed by atoms with E-state index in [-0.39, 0.29) is 29.3 Å². The highest BCUT2D eigenvalue weighted by molar-refractivity contribution is 6.07. The Balaban J connectivity index is 1.38. The number of anilines is 2. The van der Waals surface area contributed by atoms with Gasteiger partial charge in [-0.2, -0.15) is 0 Å². The molecule has 246 valence electrons. The standard InChI is InChI=1S/C33H36N6O8/c1-22-2-4-23(5-3-22)27(21-30(40)41)34-32(43)25-8-11-29(28(20-25)35-31(42)24-6-9-26(10-7-24)39(45)46)36-12-14-37(15-13-36)33(44)38-16-18-47-19-17-38/h2-11,20,27H,12-19,21H2,1H3,(H,34,43)(H,35,42)(H,40,41). The predicted molar refractivity (Wildman–Crippen MR) is 173 cm³/mol. The fourth-order valence-corrected chi connectivity index (χ4v) is 5.54. The van der Waals surface area contributed by atoms with Crippen molar-refractivity contribution in [3.8, 4) is 0 Å². The maximum atomic E-state index is 13.5. The highest BCUT2D eigenvalue weighted by Gasteiger charge is 2.28. The molecule has 0 aliphatic carbocycles. The number of aryl methyl sites for hydroxylation is 1. The fourth-order valence-electron chi connectivity index (χ4n) is 5.54. The number of carbonyl (C=O) groups excluding carboxylic acids is 3. The molecule has 14 nitrogen and oxygen atoms in total. The van der Waals surface area contributed by atoms with Gasteiger partial charge in [-0.1, -0.05) is 29.8 Å². The molecule has 2 fully saturated rings. The lowest BCUT2D eigenvalue weighted by Gasteiger charge is -2.39. The van der Waals surface area contributed by atoms with Gasteiger partial charge >= 0.3 is 12.0 Å². The fraction of sp³-hybridized carbons (Fsp3) is 0.333. The monoisotopic (exact) mass is 644 g/mol. The molecule has 0 spiro atoms. The normalized spacial score (nSPS) is 15.5. The summed E-state index contributed by atoms with van der Waals surface area (Å²) in [6, 6.07) is 16.4. The Morgan fingerprint density at radius 1 is 0.851 bits per heavy atom. The van der Waals surface area contributed by atoms with E-state index in [1.165, 1.54) is 30.3 Å². The Kier molecular flexibility index (Phi) is 10.3. The molecular formula is C33H36N6O8. The third-order valence-electron chi connectivity index (χ3n) is 8.18. The van der Waals surface area contributed by atoms with E-state index in [1.54, 1.807) is 34.1 Å². The number of non-ortho nitro benzene ring substituents is 1. The maximum Gasteiger partial charge on any atom is 0.320 e. The van der Waals surface area contributed by atoms with E-state index in [0.29, 0.717) is 69.4 Å². The lowest BCUT2D eigenvalue weighted by atomic mass is 10.0. The molecule has 2 heterocycles. The number of amides is 4. The molecule has 14 heteroatoms. The molecule has 0 aromatic heterocycles. The number of rotatable bonds is 9. The van der Waals surface area contributed by atoms with Crippen LogP contribution in [-0.4, -0.2) is 96.1 Å². The zero-order valence-corrected chi connectivity index (χ0v) is 25.9. The number of nitro groups is 1. The molecule has 2 aliphatic heterocycles. The highest BCUT2D eigenvalue weighted by atomic mass is 16.6. The molecule has 0 bridgehead atoms. The Hall–Kier alpha value is -5.50. The molecule has 4 amide bonds. The lowest BCUT2D eigenvalue weighted by Crippen LogP contribution is -2.54. The third-order valence-corrected chi connectivity index (χ3v) is 8.18. The summed E-state index contributed by atoms with van der Waals surface area (Å²) in [6.45, 7) is 5.83. The van der Waals surface area contributed by atoms with Gasteiger partial charge in [0.2, 0.25) is 0 Å². The van der Waals surface area contributed by atoms with Crippen molar-refractivity contribution in [1.29, 1.82) is 0 Å². The average Bonchev–Trinajstić information content (AvgIpc) is 3.08. The summed E-state index contributed by atoms with van der Waals surface area (Å²) in [6.07, 6.45) is -0.329. The number of nitrogens with zero attached hydrogens (tertiary/aromatic N) is 4. The van der Waals surface area contributed by atoms with Crippen LogP contribution < -0.4 is 15.5 Å². The predicted octanol–water partition coefficient (Wildman–Crippen LogP) is 3.68. The smallest absolute Gasteiger partial charge is 0.320 e. The first kappa shape index (κ1) is 32.9. The zero-order valence-electron chi connectivity index (χ0n) is 25.9. The van der Waals surface area contributed by atoms with Crippen molar-refractivity contribution >= 4 is 40.9 Å². The van der Waals surface area contributed by atoms with Gasteiger partial charge in [0.15, 0.2) is 0 Å². The van der Waals surface area contributed by atoms with Crippen LogP contribution in [0.2, 0.25) is 0 Å². The summed E-state index contributed by atoms with van der Waals surface area (Å²) < 4.78 is 5.36. The number of nitrogens with one attached hydrogen (secondary N) is 2. The summed E-state index contributed by atoms with van der Waals surface area (Å²) in [5, 5.41) is 26.3. The van der Waals surface area contributed by atoms with E-state index in [1.807, 2.05) is 24.0 Å². The molecule has 3 aromatic rings. The van der Waals surface area contributed by atoms with Crippen molar-refractivity contribution in [2.24, 2.45) is 0 Å². The SMILES string of the molecule is Cc1ccc(C(CC(=O)O)NC(=O)c2ccc(N3CCN(C(=O)N4CCOCC4)CC3)c(NC(=O)c3ccc([N+](=O)[O-])cc3)c2)cc1. The van der Waals surface area contributed by atoms with E-state index in [2.05, 4.69) is 10.6 Å². The van der Waals surface area contributed by atoms with Crippen LogP contribution in [-0.2, 0) is 9.53 Å². The van der Waals surface area contributed by atoms with Crippen molar-refractivity contribution in [1.82, 2.24) is 15.1 Å². The van der Waals surface area contributed by atoms with Crippen LogP contribution >= 0.6 is 0 Å². The Bertz CT molecular complexity index is 1630. The third kappa shape index (κ3) is 8.21. The van der Waals surface area contributed by atoms with E-state index in [0.717, 1.165) is 5.56 Å². The van der Waals surface area contributed by atoms with Crippen molar-refractivity contribution in [2.75, 3.05) is 62.7 Å². The summed E-state index contributed by atoms with van der Waals surface area (Å²) >= 11 is 0. The van der Waals surface area contributed by atoms with Crippen LogP contribution in [0.3, 0.4) is 0 Å². The van der Waals surface area contributed by atoms with Gasteiger partial charge in [0.25, 0.3) is 17.5 Å². The first-order chi connectivity index (χ1) is 22.6. The first-order valence-electron chi connectivity index (χ1n) is 15.2. The van der Waals surface area contributed by atoms with Gasteiger partial charge in [0, 0.05) is 62.5 Å². The van der Waals surface area contributed by atoms with Crippen molar-refractivity contribution in [2.45, 2.75) is 19.4 Å². The van der Waals surface area contributed by atoms with Gasteiger partial charge in [-0.25, -0.2) is 4.79 Å². The molecule has 2 aliphatic rings. The van der Waals surface area contributed by atoms with E-state index in [4.69, 9.17) is 4.74 Å². The van der Waals surface area contributed by atoms with E-state index in [9.17, 15) is 34.4 Å². The number of urea groups is 1. The quantitative estimate of drug-likeness (QED) is 0.232. The number of piperazine rings is 1. The molecule has 47 heavy (non-hydrogen) atoms. The topological polar surface area (TPSA) is 175 Å². The number of morpholine rings is 1. The Labute approximate surface area is 271 Å². The van der Waals surface area contributed by atoms with Gasteiger partial charge in [-0.05, 0) is 42.8 Å². The average molecular weight is 645 g/mol. The number of hydrogen-bond donors (Lipinski definition) is 3. The highest BCUT2D eigenvalue weighted by Crippen LogP contribution is 2.30. The summed E-state index contributed by atoms with van der Waals surface area (Å²) in [4.78, 5) is 67.6. The van der Waals surface area contributed by atoms with E-state index >= 15 is 0 Å². The molecule has 3 aromatic carbocycles. The molecular weight excluding hydrogens is 608 g/mol. The number of nitro benzene ring substituents is 1. The van der Waals surface area contributed by atoms with Crippen LogP contribution in [0.4, 0.5) is 21.9 Å². The summed E-state index contributed by atoms with van der Waals surface area (Å²) in [7, 11) is 0. The summed E-state index contributed by atoms with van der Waals surface area (Å²) in [5.74, 6) is -2.15. The van der Waals surface area contributed by atoms with Gasteiger partial charge in [0.05, 0.1) is 42.0 Å². The number of carboxylic acid groups (broad SMARTS) is 1. The first-order valence-corrected chi connectivity index (χ1v) is 15.2. The van der Waals surface area contributed by atoms with Crippen molar-refractivity contribution in [3.63, 3.8) is 0 Å². The Morgan fingerprint density at radius 3 is 2.09 bits per heavy atom. The molecule has 3 N–H and O–H groups in total. The largest absolute Gasteiger partial charge is 0.481 e. The van der Waals surface area contributed by atoms with Crippen molar-refractivity contribution in [3.05, 3.63) is 99.1 Å². The number of ether oxygens (including phenoxy) is 1. The van der Waals surface area contributed by atoms with Gasteiger partial charge < -0.3 is 35.2 Å². The van der Waals surface area contributed by atoms with Crippen LogP contribution in [0.5, 0.6) is 0 Å². The van der Waals surface area contributed by atoms with Gasteiger partial charge in [-0.3, -0.25) is 24.5 Å². The minimum absolute atomic E-state index is 0.0452. The molecule has 5 rings (SSSR count). The number of carbonyl (C=O) groups is 4. The number of carboxylic acids is 1. The molecule has 0 saturated carbocycles. The van der Waals surface area contributed by atoms with Gasteiger partial charge in [0.1, 0.15) is 0 Å². The van der Waals surface area contributed by atoms with Crippen LogP contribution in [0.1, 0.15) is 44.3 Å². The number of aliphatic carboxylic acids is 1. The molecule has 1 unspecified atom stereocenters. The van der Waals surface area contributed by atoms with E-state index < -0.39 is 28.7 Å². The minimum Gasteiger partial charge on any atom is -0.481 e. The molecule has 2 saturated heterocycles. The van der Waals surface area contributed by atoms with Crippen molar-refractivity contribution < 1.29 is 33.9 Å². The van der Waals surface area contributed by atoms with Crippen LogP contribution in [0, 0.1) is 17.0 Å². The summed E-state index contributed by atoms with van der Waals surface area (Å²) in [5.41, 5.74) is 2.78. The zero-order chi connectivity index (χ0) is 33.5. The molecule has 1 atom stereocenters. The Morgan fingerprint density at radius 2 is 1.47 bits per heavy atom. The van der Waals surface area contributed by atoms with Crippen LogP contribution in [0.25, 0.3) is 0 Å². The van der Waals surface area contributed by atoms with Gasteiger partial charge in [-0.15, -0.1) is 0 Å². The second-order valence-corrected chi connectivity index (χ2v) is 11.4. The second-order valence-electron chi connectivity index (χ2n) is 11.4. The number of benzene rings is 3.